The van der Waals surface area contributed by atoms with E-state index in [1.54, 1.807) is 11.3 Å². The van der Waals surface area contributed by atoms with Crippen LogP contribution in [0.5, 0.6) is 0 Å². The molecule has 1 amide bonds. The van der Waals surface area contributed by atoms with Crippen molar-refractivity contribution in [3.63, 3.8) is 0 Å². The Morgan fingerprint density at radius 2 is 1.91 bits per heavy atom. The van der Waals surface area contributed by atoms with E-state index in [0.29, 0.717) is 12.3 Å². The molecular weight excluding hydrogens is 420 g/mol. The molecule has 0 aliphatic carbocycles. The van der Waals surface area contributed by atoms with Gasteiger partial charge >= 0.3 is 0 Å². The van der Waals surface area contributed by atoms with Crippen molar-refractivity contribution < 1.29 is 4.79 Å². The maximum absolute atomic E-state index is 12.4. The fourth-order valence-corrected chi connectivity index (χ4v) is 4.91. The van der Waals surface area contributed by atoms with Crippen molar-refractivity contribution in [2.75, 3.05) is 36.4 Å². The van der Waals surface area contributed by atoms with Crippen LogP contribution in [0.2, 0.25) is 0 Å². The number of rotatable bonds is 5. The zero-order valence-electron chi connectivity index (χ0n) is 20.0. The molecular formula is C24H34N6OS. The lowest BCUT2D eigenvalue weighted by molar-refractivity contribution is -0.132. The van der Waals surface area contributed by atoms with Gasteiger partial charge in [-0.15, -0.1) is 5.10 Å². The molecule has 0 saturated carbocycles. The number of hydrogen-bond donors (Lipinski definition) is 1. The van der Waals surface area contributed by atoms with Crippen LogP contribution >= 0.6 is 11.3 Å². The number of fused-ring (bicyclic) bond motifs is 1. The molecule has 2 aromatic heterocycles. The fourth-order valence-electron chi connectivity index (χ4n) is 3.95. The molecule has 3 heterocycles. The number of amides is 1. The topological polar surface area (TPSA) is 65.8 Å². The van der Waals surface area contributed by atoms with Gasteiger partial charge in [0.2, 0.25) is 16.0 Å². The van der Waals surface area contributed by atoms with E-state index in [4.69, 9.17) is 10.1 Å². The summed E-state index contributed by atoms with van der Waals surface area (Å²) in [5.41, 5.74) is 3.10. The van der Waals surface area contributed by atoms with E-state index in [-0.39, 0.29) is 11.4 Å². The van der Waals surface area contributed by atoms with Crippen molar-refractivity contribution in [1.82, 2.24) is 19.5 Å². The molecule has 4 rings (SSSR count). The van der Waals surface area contributed by atoms with Gasteiger partial charge in [0.15, 0.2) is 5.82 Å². The standard InChI is InChI=1S/C24H34N6OS/c1-16(2)14-19(31)28-10-12-29(13-11-28)23-27-30-21(26-24(4,5)6)20(25-22(30)32-23)18-9-7-8-17(3)15-18/h7-9,15-16,26H,10-14H2,1-6H3. The van der Waals surface area contributed by atoms with Crippen LogP contribution in [0.15, 0.2) is 24.3 Å². The highest BCUT2D eigenvalue weighted by molar-refractivity contribution is 7.20. The first kappa shape index (κ1) is 22.6. The monoisotopic (exact) mass is 454 g/mol. The number of benzene rings is 1. The second kappa shape index (κ2) is 8.73. The van der Waals surface area contributed by atoms with Crippen molar-refractivity contribution in [2.24, 2.45) is 5.92 Å². The molecule has 1 saturated heterocycles. The summed E-state index contributed by atoms with van der Waals surface area (Å²) in [6, 6.07) is 8.43. The number of aryl methyl sites for hydroxylation is 1. The number of piperazine rings is 1. The largest absolute Gasteiger partial charge is 0.364 e. The molecule has 1 aliphatic rings. The van der Waals surface area contributed by atoms with Crippen molar-refractivity contribution in [1.29, 1.82) is 0 Å². The second-order valence-corrected chi connectivity index (χ2v) is 11.0. The summed E-state index contributed by atoms with van der Waals surface area (Å²) in [4.78, 5) is 22.5. The normalized spacial score (nSPS) is 15.1. The summed E-state index contributed by atoms with van der Waals surface area (Å²) in [7, 11) is 0. The molecule has 3 aromatic rings. The first-order valence-electron chi connectivity index (χ1n) is 11.4. The number of carbonyl (C=O) groups excluding carboxylic acids is 1. The quantitative estimate of drug-likeness (QED) is 0.607. The van der Waals surface area contributed by atoms with Crippen LogP contribution in [0.4, 0.5) is 10.9 Å². The summed E-state index contributed by atoms with van der Waals surface area (Å²) in [5.74, 6) is 1.57. The SMILES string of the molecule is Cc1cccc(-c2nc3sc(N4CCN(C(=O)CC(C)C)CC4)nn3c2NC(C)(C)C)c1. The van der Waals surface area contributed by atoms with E-state index < -0.39 is 0 Å². The fraction of sp³-hybridized carbons (Fsp3) is 0.542. The molecule has 0 radical (unpaired) electrons. The van der Waals surface area contributed by atoms with Gasteiger partial charge in [-0.3, -0.25) is 4.79 Å². The number of carbonyl (C=O) groups is 1. The highest BCUT2D eigenvalue weighted by atomic mass is 32.1. The zero-order valence-corrected chi connectivity index (χ0v) is 20.8. The van der Waals surface area contributed by atoms with Crippen LogP contribution in [-0.2, 0) is 4.79 Å². The van der Waals surface area contributed by atoms with Crippen molar-refractivity contribution in [3.8, 4) is 11.3 Å². The van der Waals surface area contributed by atoms with Gasteiger partial charge in [0, 0.05) is 43.7 Å². The van der Waals surface area contributed by atoms with Crippen LogP contribution in [0.25, 0.3) is 16.2 Å². The molecule has 32 heavy (non-hydrogen) atoms. The van der Waals surface area contributed by atoms with Gasteiger partial charge < -0.3 is 15.1 Å². The summed E-state index contributed by atoms with van der Waals surface area (Å²) in [6.07, 6.45) is 0.620. The Morgan fingerprint density at radius 3 is 2.53 bits per heavy atom. The minimum Gasteiger partial charge on any atom is -0.364 e. The Balaban J connectivity index is 1.60. The molecule has 7 nitrogen and oxygen atoms in total. The van der Waals surface area contributed by atoms with E-state index in [1.165, 1.54) is 5.56 Å². The highest BCUT2D eigenvalue weighted by Gasteiger charge is 2.26. The molecule has 172 valence electrons. The Bertz CT molecular complexity index is 1100. The van der Waals surface area contributed by atoms with Gasteiger partial charge in [0.25, 0.3) is 0 Å². The number of nitrogens with one attached hydrogen (secondary N) is 1. The molecule has 1 aromatic carbocycles. The molecule has 8 heteroatoms. The van der Waals surface area contributed by atoms with Crippen molar-refractivity contribution in [3.05, 3.63) is 29.8 Å². The Hall–Kier alpha value is -2.61. The predicted octanol–water partition coefficient (Wildman–Crippen LogP) is 4.67. The third-order valence-electron chi connectivity index (χ3n) is 5.46. The molecule has 0 unspecified atom stereocenters. The lowest BCUT2D eigenvalue weighted by Crippen LogP contribution is -2.49. The van der Waals surface area contributed by atoms with Gasteiger partial charge in [-0.05, 0) is 39.7 Å². The molecule has 0 atom stereocenters. The average Bonchev–Trinajstić information content (AvgIpc) is 3.26. The molecule has 1 fully saturated rings. The van der Waals surface area contributed by atoms with Gasteiger partial charge in [-0.1, -0.05) is 48.9 Å². The van der Waals surface area contributed by atoms with E-state index in [0.717, 1.165) is 53.3 Å². The minimum absolute atomic E-state index is 0.124. The van der Waals surface area contributed by atoms with Gasteiger partial charge in [0.1, 0.15) is 5.69 Å². The van der Waals surface area contributed by atoms with E-state index in [1.807, 2.05) is 9.42 Å². The summed E-state index contributed by atoms with van der Waals surface area (Å²) < 4.78 is 1.94. The lowest BCUT2D eigenvalue weighted by Gasteiger charge is -2.34. The summed E-state index contributed by atoms with van der Waals surface area (Å²) >= 11 is 1.61. The zero-order chi connectivity index (χ0) is 23.0. The van der Waals surface area contributed by atoms with Gasteiger partial charge in [-0.2, -0.15) is 4.52 Å². The predicted molar refractivity (Wildman–Crippen MR) is 133 cm³/mol. The third-order valence-corrected chi connectivity index (χ3v) is 6.43. The number of aromatic nitrogens is 3. The lowest BCUT2D eigenvalue weighted by atomic mass is 10.1. The molecule has 1 N–H and O–H groups in total. The number of imidazole rings is 1. The second-order valence-electron chi connectivity index (χ2n) is 10.1. The molecule has 0 spiro atoms. The van der Waals surface area contributed by atoms with Crippen LogP contribution in [-0.4, -0.2) is 57.1 Å². The first-order valence-corrected chi connectivity index (χ1v) is 12.2. The van der Waals surface area contributed by atoms with Crippen LogP contribution in [0.1, 0.15) is 46.6 Å². The molecule has 1 aliphatic heterocycles. The van der Waals surface area contributed by atoms with Crippen LogP contribution in [0, 0.1) is 12.8 Å². The van der Waals surface area contributed by atoms with Crippen LogP contribution in [0.3, 0.4) is 0 Å². The van der Waals surface area contributed by atoms with Gasteiger partial charge in [0.05, 0.1) is 0 Å². The van der Waals surface area contributed by atoms with E-state index in [9.17, 15) is 4.79 Å². The minimum atomic E-state index is -0.124. The summed E-state index contributed by atoms with van der Waals surface area (Å²) in [5, 5.41) is 9.52. The molecule has 0 bridgehead atoms. The Morgan fingerprint density at radius 1 is 1.19 bits per heavy atom. The Labute approximate surface area is 194 Å². The first-order chi connectivity index (χ1) is 15.1. The maximum Gasteiger partial charge on any atom is 0.222 e. The average molecular weight is 455 g/mol. The number of hydrogen-bond acceptors (Lipinski definition) is 6. The summed E-state index contributed by atoms with van der Waals surface area (Å²) in [6.45, 7) is 15.8. The van der Waals surface area contributed by atoms with E-state index in [2.05, 4.69) is 76.0 Å². The van der Waals surface area contributed by atoms with Crippen molar-refractivity contribution >= 4 is 33.2 Å². The Kier molecular flexibility index (Phi) is 6.16. The smallest absolute Gasteiger partial charge is 0.222 e. The van der Waals surface area contributed by atoms with Crippen LogP contribution < -0.4 is 10.2 Å². The number of anilines is 2. The maximum atomic E-state index is 12.4. The number of nitrogens with zero attached hydrogens (tertiary/aromatic N) is 5. The van der Waals surface area contributed by atoms with Gasteiger partial charge in [-0.25, -0.2) is 4.98 Å². The van der Waals surface area contributed by atoms with E-state index >= 15 is 0 Å². The third kappa shape index (κ3) is 4.90. The van der Waals surface area contributed by atoms with Crippen molar-refractivity contribution in [2.45, 2.75) is 53.5 Å². The highest BCUT2D eigenvalue weighted by Crippen LogP contribution is 2.35.